The minimum atomic E-state index is -0.965. The summed E-state index contributed by atoms with van der Waals surface area (Å²) >= 11 is 0. The highest BCUT2D eigenvalue weighted by molar-refractivity contribution is 5.87. The van der Waals surface area contributed by atoms with Crippen LogP contribution in [0.4, 0.5) is 0 Å². The summed E-state index contributed by atoms with van der Waals surface area (Å²) in [6.45, 7) is 0.260. The molecule has 2 rings (SSSR count). The Labute approximate surface area is 110 Å². The van der Waals surface area contributed by atoms with Crippen molar-refractivity contribution in [2.45, 2.75) is 6.61 Å². The number of rotatable bonds is 4. The monoisotopic (exact) mass is 253 g/mol. The zero-order chi connectivity index (χ0) is 13.7. The number of aromatic carboxylic acids is 1. The van der Waals surface area contributed by atoms with Crippen LogP contribution in [0, 0.1) is 11.3 Å². The number of hydrogen-bond donors (Lipinski definition) is 1. The number of ether oxygens (including phenoxy) is 1. The van der Waals surface area contributed by atoms with Crippen LogP contribution in [0.3, 0.4) is 0 Å². The van der Waals surface area contributed by atoms with Gasteiger partial charge in [0, 0.05) is 0 Å². The molecular weight excluding hydrogens is 242 g/mol. The van der Waals surface area contributed by atoms with Crippen LogP contribution in [0.15, 0.2) is 48.5 Å². The minimum Gasteiger partial charge on any atom is -0.489 e. The second kappa shape index (κ2) is 5.69. The fourth-order valence-electron chi connectivity index (χ4n) is 1.62. The minimum absolute atomic E-state index is 0.229. The summed E-state index contributed by atoms with van der Waals surface area (Å²) < 4.78 is 5.53. The first-order valence-electron chi connectivity index (χ1n) is 5.64. The van der Waals surface area contributed by atoms with Crippen molar-refractivity contribution in [1.29, 1.82) is 5.26 Å². The van der Waals surface area contributed by atoms with Crippen LogP contribution in [0.1, 0.15) is 21.5 Å². The molecule has 19 heavy (non-hydrogen) atoms. The maximum atomic E-state index is 10.8. The third-order valence-corrected chi connectivity index (χ3v) is 2.54. The summed E-state index contributed by atoms with van der Waals surface area (Å²) in [5.41, 5.74) is 1.52. The highest BCUT2D eigenvalue weighted by Gasteiger charge is 2.04. The zero-order valence-electron chi connectivity index (χ0n) is 10.0. The number of benzene rings is 2. The standard InChI is InChI=1S/C15H11NO3/c16-9-11-3-2-6-14(8-11)19-10-12-4-1-5-13(7-12)15(17)18/h1-8H,10H2,(H,17,18). The third-order valence-electron chi connectivity index (χ3n) is 2.54. The van der Waals surface area contributed by atoms with Crippen LogP contribution in [0.2, 0.25) is 0 Å². The van der Waals surface area contributed by atoms with E-state index in [2.05, 4.69) is 0 Å². The molecule has 0 aromatic heterocycles. The van der Waals surface area contributed by atoms with Crippen molar-refractivity contribution in [3.8, 4) is 11.8 Å². The molecule has 0 saturated carbocycles. The molecule has 0 atom stereocenters. The molecule has 0 fully saturated rings. The molecule has 0 heterocycles. The summed E-state index contributed by atoms with van der Waals surface area (Å²) in [5, 5.41) is 17.7. The predicted molar refractivity (Wildman–Crippen MR) is 68.9 cm³/mol. The maximum absolute atomic E-state index is 10.8. The summed E-state index contributed by atoms with van der Waals surface area (Å²) in [6, 6.07) is 15.4. The second-order valence-electron chi connectivity index (χ2n) is 3.93. The van der Waals surface area contributed by atoms with Crippen molar-refractivity contribution in [1.82, 2.24) is 0 Å². The largest absolute Gasteiger partial charge is 0.489 e. The van der Waals surface area contributed by atoms with Crippen LogP contribution in [-0.4, -0.2) is 11.1 Å². The van der Waals surface area contributed by atoms with E-state index in [1.54, 1.807) is 42.5 Å². The van der Waals surface area contributed by atoms with Crippen LogP contribution in [0.25, 0.3) is 0 Å². The van der Waals surface area contributed by atoms with Gasteiger partial charge in [0.1, 0.15) is 12.4 Å². The lowest BCUT2D eigenvalue weighted by molar-refractivity contribution is 0.0696. The van der Waals surface area contributed by atoms with E-state index in [-0.39, 0.29) is 12.2 Å². The highest BCUT2D eigenvalue weighted by atomic mass is 16.5. The second-order valence-corrected chi connectivity index (χ2v) is 3.93. The first kappa shape index (κ1) is 12.7. The zero-order valence-corrected chi connectivity index (χ0v) is 10.0. The van der Waals surface area contributed by atoms with Gasteiger partial charge in [-0.1, -0.05) is 18.2 Å². The predicted octanol–water partition coefficient (Wildman–Crippen LogP) is 2.84. The van der Waals surface area contributed by atoms with Crippen LogP contribution >= 0.6 is 0 Å². The molecule has 94 valence electrons. The Morgan fingerprint density at radius 3 is 2.74 bits per heavy atom. The quantitative estimate of drug-likeness (QED) is 0.909. The molecule has 0 aliphatic carbocycles. The van der Waals surface area contributed by atoms with Gasteiger partial charge in [-0.15, -0.1) is 0 Å². The lowest BCUT2D eigenvalue weighted by atomic mass is 10.1. The Bertz CT molecular complexity index is 644. The molecule has 0 unspecified atom stereocenters. The van der Waals surface area contributed by atoms with E-state index in [9.17, 15) is 4.79 Å². The first-order chi connectivity index (χ1) is 9.19. The van der Waals surface area contributed by atoms with Crippen molar-refractivity contribution in [3.05, 3.63) is 65.2 Å². The average molecular weight is 253 g/mol. The Hall–Kier alpha value is -2.80. The fourth-order valence-corrected chi connectivity index (χ4v) is 1.62. The van der Waals surface area contributed by atoms with E-state index >= 15 is 0 Å². The lowest BCUT2D eigenvalue weighted by Gasteiger charge is -2.07. The summed E-state index contributed by atoms with van der Waals surface area (Å²) in [4.78, 5) is 10.8. The van der Waals surface area contributed by atoms with E-state index in [1.807, 2.05) is 6.07 Å². The molecule has 0 aliphatic heterocycles. The van der Waals surface area contributed by atoms with E-state index in [0.29, 0.717) is 11.3 Å². The van der Waals surface area contributed by atoms with Gasteiger partial charge in [-0.2, -0.15) is 5.26 Å². The SMILES string of the molecule is N#Cc1cccc(OCc2cccc(C(=O)O)c2)c1. The topological polar surface area (TPSA) is 70.3 Å². The molecule has 2 aromatic carbocycles. The molecule has 4 nitrogen and oxygen atoms in total. The normalized spacial score (nSPS) is 9.63. The van der Waals surface area contributed by atoms with Gasteiger partial charge >= 0.3 is 5.97 Å². The average Bonchev–Trinajstić information content (AvgIpc) is 2.45. The van der Waals surface area contributed by atoms with Crippen LogP contribution in [0.5, 0.6) is 5.75 Å². The molecule has 0 aliphatic rings. The number of hydrogen-bond acceptors (Lipinski definition) is 3. The molecule has 0 amide bonds. The molecule has 2 aromatic rings. The highest BCUT2D eigenvalue weighted by Crippen LogP contribution is 2.15. The number of carbonyl (C=O) groups is 1. The number of carboxylic acid groups (broad SMARTS) is 1. The van der Waals surface area contributed by atoms with Gasteiger partial charge in [0.2, 0.25) is 0 Å². The molecule has 0 bridgehead atoms. The summed E-state index contributed by atoms with van der Waals surface area (Å²) in [7, 11) is 0. The summed E-state index contributed by atoms with van der Waals surface area (Å²) in [6.07, 6.45) is 0. The van der Waals surface area contributed by atoms with Crippen molar-refractivity contribution in [3.63, 3.8) is 0 Å². The van der Waals surface area contributed by atoms with Gasteiger partial charge in [0.05, 0.1) is 17.2 Å². The van der Waals surface area contributed by atoms with E-state index in [4.69, 9.17) is 15.1 Å². The van der Waals surface area contributed by atoms with Gasteiger partial charge in [-0.05, 0) is 35.9 Å². The molecule has 1 N–H and O–H groups in total. The van der Waals surface area contributed by atoms with E-state index in [0.717, 1.165) is 5.56 Å². The molecular formula is C15H11NO3. The Balaban J connectivity index is 2.08. The smallest absolute Gasteiger partial charge is 0.335 e. The molecule has 0 saturated heterocycles. The van der Waals surface area contributed by atoms with Crippen molar-refractivity contribution in [2.24, 2.45) is 0 Å². The number of nitrogens with zero attached hydrogens (tertiary/aromatic N) is 1. The Kier molecular flexibility index (Phi) is 3.79. The Morgan fingerprint density at radius 2 is 2.00 bits per heavy atom. The van der Waals surface area contributed by atoms with Crippen molar-refractivity contribution in [2.75, 3.05) is 0 Å². The number of carboxylic acids is 1. The van der Waals surface area contributed by atoms with Gasteiger partial charge < -0.3 is 9.84 Å². The lowest BCUT2D eigenvalue weighted by Crippen LogP contribution is -2.00. The maximum Gasteiger partial charge on any atom is 0.335 e. The fraction of sp³-hybridized carbons (Fsp3) is 0.0667. The van der Waals surface area contributed by atoms with Crippen LogP contribution in [-0.2, 0) is 6.61 Å². The molecule has 0 radical (unpaired) electrons. The first-order valence-corrected chi connectivity index (χ1v) is 5.64. The van der Waals surface area contributed by atoms with Gasteiger partial charge in [-0.3, -0.25) is 0 Å². The third kappa shape index (κ3) is 3.33. The van der Waals surface area contributed by atoms with Crippen molar-refractivity contribution >= 4 is 5.97 Å². The van der Waals surface area contributed by atoms with Gasteiger partial charge in [0.15, 0.2) is 0 Å². The molecule has 0 spiro atoms. The van der Waals surface area contributed by atoms with E-state index in [1.165, 1.54) is 6.07 Å². The van der Waals surface area contributed by atoms with Crippen LogP contribution < -0.4 is 4.74 Å². The van der Waals surface area contributed by atoms with Gasteiger partial charge in [-0.25, -0.2) is 4.79 Å². The molecule has 4 heteroatoms. The number of nitriles is 1. The Morgan fingerprint density at radius 1 is 1.21 bits per heavy atom. The van der Waals surface area contributed by atoms with Crippen molar-refractivity contribution < 1.29 is 14.6 Å². The van der Waals surface area contributed by atoms with Gasteiger partial charge in [0.25, 0.3) is 0 Å². The summed E-state index contributed by atoms with van der Waals surface area (Å²) in [5.74, 6) is -0.381. The van der Waals surface area contributed by atoms with E-state index < -0.39 is 5.97 Å².